The SMILES string of the molecule is O=C(NC1CCCNC1)c1cccc(CN2C(=O)CNC2=O)c1. The minimum Gasteiger partial charge on any atom is -0.348 e. The number of carbonyl (C=O) groups is 3. The minimum atomic E-state index is -0.391. The Kier molecular flexibility index (Phi) is 4.57. The smallest absolute Gasteiger partial charge is 0.324 e. The highest BCUT2D eigenvalue weighted by Gasteiger charge is 2.28. The van der Waals surface area contributed by atoms with Gasteiger partial charge in [0.05, 0.1) is 13.1 Å². The maximum absolute atomic E-state index is 12.3. The molecule has 2 heterocycles. The van der Waals surface area contributed by atoms with E-state index in [1.807, 2.05) is 0 Å². The number of urea groups is 1. The lowest BCUT2D eigenvalue weighted by Crippen LogP contribution is -2.45. The van der Waals surface area contributed by atoms with Crippen LogP contribution in [0.1, 0.15) is 28.8 Å². The number of piperidine rings is 1. The van der Waals surface area contributed by atoms with Gasteiger partial charge in [0.25, 0.3) is 5.91 Å². The van der Waals surface area contributed by atoms with Gasteiger partial charge in [-0.05, 0) is 37.1 Å². The second-order valence-electron chi connectivity index (χ2n) is 5.86. The maximum atomic E-state index is 12.3. The molecule has 7 heteroatoms. The van der Waals surface area contributed by atoms with Crippen LogP contribution in [0, 0.1) is 0 Å². The summed E-state index contributed by atoms with van der Waals surface area (Å²) in [6.45, 7) is 1.99. The summed E-state index contributed by atoms with van der Waals surface area (Å²) in [6.07, 6.45) is 2.03. The zero-order valence-corrected chi connectivity index (χ0v) is 12.8. The summed E-state index contributed by atoms with van der Waals surface area (Å²) < 4.78 is 0. The molecule has 2 fully saturated rings. The third-order valence-electron chi connectivity index (χ3n) is 4.10. The summed E-state index contributed by atoms with van der Waals surface area (Å²) in [6, 6.07) is 6.79. The fraction of sp³-hybridized carbons (Fsp3) is 0.438. The van der Waals surface area contributed by atoms with E-state index in [-0.39, 0.29) is 30.9 Å². The van der Waals surface area contributed by atoms with Crippen molar-refractivity contribution in [3.05, 3.63) is 35.4 Å². The second-order valence-corrected chi connectivity index (χ2v) is 5.86. The fourth-order valence-corrected chi connectivity index (χ4v) is 2.85. The van der Waals surface area contributed by atoms with Gasteiger partial charge in [0, 0.05) is 18.2 Å². The Morgan fingerprint density at radius 1 is 1.35 bits per heavy atom. The van der Waals surface area contributed by atoms with E-state index in [2.05, 4.69) is 16.0 Å². The summed E-state index contributed by atoms with van der Waals surface area (Å²) in [5.41, 5.74) is 1.30. The highest BCUT2D eigenvalue weighted by molar-refractivity contribution is 6.02. The van der Waals surface area contributed by atoms with Gasteiger partial charge in [0.15, 0.2) is 0 Å². The average Bonchev–Trinajstić information content (AvgIpc) is 2.88. The number of rotatable bonds is 4. The molecule has 122 valence electrons. The van der Waals surface area contributed by atoms with Gasteiger partial charge in [-0.3, -0.25) is 14.5 Å². The van der Waals surface area contributed by atoms with Crippen LogP contribution in [0.3, 0.4) is 0 Å². The third kappa shape index (κ3) is 3.68. The van der Waals surface area contributed by atoms with E-state index in [1.54, 1.807) is 24.3 Å². The van der Waals surface area contributed by atoms with Gasteiger partial charge in [-0.2, -0.15) is 0 Å². The normalized spacial score (nSPS) is 21.2. The largest absolute Gasteiger partial charge is 0.348 e. The van der Waals surface area contributed by atoms with Crippen molar-refractivity contribution in [3.63, 3.8) is 0 Å². The monoisotopic (exact) mass is 316 g/mol. The van der Waals surface area contributed by atoms with Crippen molar-refractivity contribution in [2.24, 2.45) is 0 Å². The van der Waals surface area contributed by atoms with Crippen molar-refractivity contribution in [1.82, 2.24) is 20.9 Å². The summed E-state index contributed by atoms with van der Waals surface area (Å²) >= 11 is 0. The molecule has 23 heavy (non-hydrogen) atoms. The molecule has 1 atom stereocenters. The predicted molar refractivity (Wildman–Crippen MR) is 83.7 cm³/mol. The lowest BCUT2D eigenvalue weighted by atomic mass is 10.1. The van der Waals surface area contributed by atoms with Crippen LogP contribution in [0.25, 0.3) is 0 Å². The quantitative estimate of drug-likeness (QED) is 0.693. The number of nitrogens with zero attached hydrogens (tertiary/aromatic N) is 1. The molecule has 0 aliphatic carbocycles. The summed E-state index contributed by atoms with van der Waals surface area (Å²) in [7, 11) is 0. The van der Waals surface area contributed by atoms with Gasteiger partial charge in [-0.15, -0.1) is 0 Å². The minimum absolute atomic E-state index is 0.0354. The Bertz CT molecular complexity index is 610. The molecular formula is C16H20N4O3. The van der Waals surface area contributed by atoms with Gasteiger partial charge in [-0.1, -0.05) is 12.1 Å². The summed E-state index contributed by atoms with van der Waals surface area (Å²) in [5, 5.41) is 8.75. The van der Waals surface area contributed by atoms with Gasteiger partial charge in [-0.25, -0.2) is 4.79 Å². The molecular weight excluding hydrogens is 296 g/mol. The van der Waals surface area contributed by atoms with Crippen LogP contribution in [-0.4, -0.2) is 48.4 Å². The van der Waals surface area contributed by atoms with E-state index in [0.29, 0.717) is 5.56 Å². The molecule has 0 saturated carbocycles. The van der Waals surface area contributed by atoms with E-state index < -0.39 is 6.03 Å². The zero-order chi connectivity index (χ0) is 16.2. The fourth-order valence-electron chi connectivity index (χ4n) is 2.85. The number of benzene rings is 1. The first kappa shape index (κ1) is 15.5. The molecule has 7 nitrogen and oxygen atoms in total. The Morgan fingerprint density at radius 2 is 2.22 bits per heavy atom. The molecule has 1 aromatic rings. The van der Waals surface area contributed by atoms with Gasteiger partial charge < -0.3 is 16.0 Å². The van der Waals surface area contributed by atoms with Crippen molar-refractivity contribution in [3.8, 4) is 0 Å². The lowest BCUT2D eigenvalue weighted by molar-refractivity contribution is -0.125. The van der Waals surface area contributed by atoms with Crippen molar-refractivity contribution < 1.29 is 14.4 Å². The lowest BCUT2D eigenvalue weighted by Gasteiger charge is -2.24. The van der Waals surface area contributed by atoms with Crippen LogP contribution in [-0.2, 0) is 11.3 Å². The van der Waals surface area contributed by atoms with E-state index >= 15 is 0 Å². The Morgan fingerprint density at radius 3 is 2.91 bits per heavy atom. The standard InChI is InChI=1S/C16H20N4O3/c21-14-9-18-16(23)20(14)10-11-3-1-4-12(7-11)15(22)19-13-5-2-6-17-8-13/h1,3-4,7,13,17H,2,5-6,8-10H2,(H,18,23)(H,19,22). The number of hydrogen-bond acceptors (Lipinski definition) is 4. The first-order chi connectivity index (χ1) is 11.1. The van der Waals surface area contributed by atoms with Gasteiger partial charge in [0.2, 0.25) is 5.91 Å². The number of carbonyl (C=O) groups excluding carboxylic acids is 3. The molecule has 0 radical (unpaired) electrons. The molecule has 0 bridgehead atoms. The van der Waals surface area contributed by atoms with Crippen molar-refractivity contribution >= 4 is 17.8 Å². The van der Waals surface area contributed by atoms with Crippen molar-refractivity contribution in [2.45, 2.75) is 25.4 Å². The topological polar surface area (TPSA) is 90.5 Å². The van der Waals surface area contributed by atoms with Gasteiger partial charge in [0.1, 0.15) is 0 Å². The number of amides is 4. The molecule has 2 aliphatic heterocycles. The number of nitrogens with one attached hydrogen (secondary N) is 3. The third-order valence-corrected chi connectivity index (χ3v) is 4.10. The van der Waals surface area contributed by atoms with E-state index in [9.17, 15) is 14.4 Å². The van der Waals surface area contributed by atoms with Gasteiger partial charge >= 0.3 is 6.03 Å². The molecule has 3 N–H and O–H groups in total. The van der Waals surface area contributed by atoms with E-state index in [4.69, 9.17) is 0 Å². The molecule has 3 rings (SSSR count). The Balaban J connectivity index is 1.65. The summed E-state index contributed by atoms with van der Waals surface area (Å²) in [4.78, 5) is 36.7. The highest BCUT2D eigenvalue weighted by Crippen LogP contribution is 2.12. The van der Waals surface area contributed by atoms with E-state index in [0.717, 1.165) is 36.4 Å². The van der Waals surface area contributed by atoms with Crippen LogP contribution in [0.2, 0.25) is 0 Å². The molecule has 2 saturated heterocycles. The number of hydrogen-bond donors (Lipinski definition) is 3. The molecule has 4 amide bonds. The molecule has 1 aromatic carbocycles. The highest BCUT2D eigenvalue weighted by atomic mass is 16.2. The average molecular weight is 316 g/mol. The van der Waals surface area contributed by atoms with Crippen LogP contribution in [0.5, 0.6) is 0 Å². The van der Waals surface area contributed by atoms with Crippen molar-refractivity contribution in [1.29, 1.82) is 0 Å². The summed E-state index contributed by atoms with van der Waals surface area (Å²) in [5.74, 6) is -0.379. The first-order valence-electron chi connectivity index (χ1n) is 7.82. The zero-order valence-electron chi connectivity index (χ0n) is 12.8. The molecule has 0 aromatic heterocycles. The second kappa shape index (κ2) is 6.78. The Hall–Kier alpha value is -2.41. The van der Waals surface area contributed by atoms with E-state index in [1.165, 1.54) is 0 Å². The molecule has 2 aliphatic rings. The van der Waals surface area contributed by atoms with Crippen LogP contribution in [0.15, 0.2) is 24.3 Å². The van der Waals surface area contributed by atoms with Crippen LogP contribution >= 0.6 is 0 Å². The molecule has 1 unspecified atom stereocenters. The van der Waals surface area contributed by atoms with Crippen molar-refractivity contribution in [2.75, 3.05) is 19.6 Å². The van der Waals surface area contributed by atoms with Crippen LogP contribution in [0.4, 0.5) is 4.79 Å². The first-order valence-corrected chi connectivity index (χ1v) is 7.82. The number of imide groups is 1. The maximum Gasteiger partial charge on any atom is 0.324 e. The predicted octanol–water partition coefficient (Wildman–Crippen LogP) is 0.220. The van der Waals surface area contributed by atoms with Crippen LogP contribution < -0.4 is 16.0 Å². The Labute approximate surface area is 134 Å². The molecule has 0 spiro atoms.